The van der Waals surface area contributed by atoms with Crippen molar-refractivity contribution in [1.29, 1.82) is 0 Å². The van der Waals surface area contributed by atoms with Crippen LogP contribution < -0.4 is 5.56 Å². The first-order chi connectivity index (χ1) is 6.61. The zero-order valence-corrected chi connectivity index (χ0v) is 7.48. The van der Waals surface area contributed by atoms with Crippen LogP contribution in [0.2, 0.25) is 0 Å². The predicted octanol–water partition coefficient (Wildman–Crippen LogP) is 0.160. The summed E-state index contributed by atoms with van der Waals surface area (Å²) in [5.41, 5.74) is -1.38. The normalized spacial score (nSPS) is 10.6. The van der Waals surface area contributed by atoms with Crippen LogP contribution >= 0.6 is 11.3 Å². The molecule has 72 valence electrons. The number of aromatic nitrogens is 2. The lowest BCUT2D eigenvalue weighted by molar-refractivity contribution is 0.0687. The number of hydrogen-bond acceptors (Lipinski definition) is 5. The Morgan fingerprint density at radius 1 is 1.57 bits per heavy atom. The van der Waals surface area contributed by atoms with E-state index in [1.54, 1.807) is 5.38 Å². The van der Waals surface area contributed by atoms with E-state index in [0.29, 0.717) is 0 Å². The summed E-state index contributed by atoms with van der Waals surface area (Å²) < 4.78 is 1.09. The quantitative estimate of drug-likeness (QED) is 0.702. The molecule has 0 aromatic carbocycles. The third kappa shape index (κ3) is 1.06. The molecule has 0 spiro atoms. The number of carboxylic acid groups (broad SMARTS) is 1. The van der Waals surface area contributed by atoms with Crippen molar-refractivity contribution >= 4 is 22.3 Å². The van der Waals surface area contributed by atoms with Crippen LogP contribution in [0.15, 0.2) is 16.4 Å². The molecule has 0 atom stereocenters. The first-order valence-corrected chi connectivity index (χ1v) is 4.41. The molecular formula is C7H4N2O4S. The molecule has 7 heteroatoms. The summed E-state index contributed by atoms with van der Waals surface area (Å²) in [6.45, 7) is 0. The monoisotopic (exact) mass is 212 g/mol. The van der Waals surface area contributed by atoms with Gasteiger partial charge >= 0.3 is 11.5 Å². The molecule has 0 aliphatic carbocycles. The maximum atomic E-state index is 11.3. The summed E-state index contributed by atoms with van der Waals surface area (Å²) in [6.07, 6.45) is 1.42. The molecule has 2 aromatic heterocycles. The Hall–Kier alpha value is -1.89. The van der Waals surface area contributed by atoms with E-state index in [4.69, 9.17) is 5.11 Å². The molecule has 6 nitrogen and oxygen atoms in total. The first-order valence-electron chi connectivity index (χ1n) is 3.53. The number of rotatable bonds is 1. The second-order valence-corrected chi connectivity index (χ2v) is 3.35. The molecule has 14 heavy (non-hydrogen) atoms. The Labute approximate surface area is 80.7 Å². The molecule has 0 fully saturated rings. The highest BCUT2D eigenvalue weighted by molar-refractivity contribution is 7.15. The fourth-order valence-corrected chi connectivity index (χ4v) is 1.73. The van der Waals surface area contributed by atoms with Crippen molar-refractivity contribution in [3.8, 4) is 5.75 Å². The van der Waals surface area contributed by atoms with E-state index in [1.807, 2.05) is 0 Å². The summed E-state index contributed by atoms with van der Waals surface area (Å²) in [7, 11) is 0. The van der Waals surface area contributed by atoms with Crippen LogP contribution in [-0.2, 0) is 0 Å². The van der Waals surface area contributed by atoms with E-state index in [9.17, 15) is 14.7 Å². The number of carboxylic acids is 1. The Kier molecular flexibility index (Phi) is 1.74. The lowest BCUT2D eigenvalue weighted by atomic mass is 10.4. The Bertz CT molecular complexity index is 571. The Morgan fingerprint density at radius 2 is 2.29 bits per heavy atom. The minimum Gasteiger partial charge on any atom is -0.501 e. The summed E-state index contributed by atoms with van der Waals surface area (Å²) >= 11 is 1.12. The van der Waals surface area contributed by atoms with Crippen molar-refractivity contribution in [2.75, 3.05) is 0 Å². The number of nitrogens with zero attached hydrogens (tertiary/aromatic N) is 2. The highest BCUT2D eigenvalue weighted by Crippen LogP contribution is 2.13. The molecule has 0 bridgehead atoms. The number of hydrogen-bond donors (Lipinski definition) is 2. The van der Waals surface area contributed by atoms with Gasteiger partial charge in [-0.1, -0.05) is 0 Å². The molecule has 0 saturated heterocycles. The third-order valence-electron chi connectivity index (χ3n) is 1.65. The van der Waals surface area contributed by atoms with Gasteiger partial charge in [0.2, 0.25) is 5.75 Å². The van der Waals surface area contributed by atoms with Gasteiger partial charge in [-0.25, -0.2) is 9.78 Å². The molecule has 2 heterocycles. The molecular weight excluding hydrogens is 208 g/mol. The van der Waals surface area contributed by atoms with E-state index in [0.717, 1.165) is 15.7 Å². The first kappa shape index (κ1) is 8.70. The number of aromatic hydroxyl groups is 1. The smallest absolute Gasteiger partial charge is 0.358 e. The van der Waals surface area contributed by atoms with Gasteiger partial charge in [-0.15, -0.1) is 11.3 Å². The topological polar surface area (TPSA) is 91.9 Å². The summed E-state index contributed by atoms with van der Waals surface area (Å²) in [6, 6.07) is 0. The van der Waals surface area contributed by atoms with Gasteiger partial charge in [-0.2, -0.15) is 0 Å². The standard InChI is InChI=1S/C7H4N2O4S/c10-4-3(6(12)13)8-7-9(5(4)11)1-2-14-7/h1-2,10H,(H,12,13). The van der Waals surface area contributed by atoms with Crippen LogP contribution in [0.25, 0.3) is 4.96 Å². The van der Waals surface area contributed by atoms with Gasteiger partial charge in [0.05, 0.1) is 0 Å². The lowest BCUT2D eigenvalue weighted by Crippen LogP contribution is -2.16. The molecule has 0 aliphatic heterocycles. The van der Waals surface area contributed by atoms with Crippen molar-refractivity contribution in [1.82, 2.24) is 9.38 Å². The average molecular weight is 212 g/mol. The van der Waals surface area contributed by atoms with Crippen molar-refractivity contribution < 1.29 is 15.0 Å². The maximum Gasteiger partial charge on any atom is 0.358 e. The van der Waals surface area contributed by atoms with Crippen molar-refractivity contribution in [3.63, 3.8) is 0 Å². The van der Waals surface area contributed by atoms with E-state index < -0.39 is 23.0 Å². The Balaban J connectivity index is 2.94. The number of fused-ring (bicyclic) bond motifs is 1. The molecule has 2 rings (SSSR count). The van der Waals surface area contributed by atoms with Gasteiger partial charge in [0, 0.05) is 11.6 Å². The zero-order chi connectivity index (χ0) is 10.3. The molecule has 0 unspecified atom stereocenters. The number of thiazole rings is 1. The van der Waals surface area contributed by atoms with Crippen LogP contribution in [0.1, 0.15) is 10.5 Å². The largest absolute Gasteiger partial charge is 0.501 e. The average Bonchev–Trinajstić information content (AvgIpc) is 2.58. The van der Waals surface area contributed by atoms with Gasteiger partial charge in [0.1, 0.15) is 0 Å². The van der Waals surface area contributed by atoms with E-state index in [-0.39, 0.29) is 4.96 Å². The molecule has 0 radical (unpaired) electrons. The minimum absolute atomic E-state index is 0.241. The van der Waals surface area contributed by atoms with Gasteiger partial charge < -0.3 is 10.2 Å². The van der Waals surface area contributed by atoms with Crippen molar-refractivity contribution in [2.45, 2.75) is 0 Å². The maximum absolute atomic E-state index is 11.3. The molecule has 0 amide bonds. The third-order valence-corrected chi connectivity index (χ3v) is 2.40. The molecule has 2 N–H and O–H groups in total. The SMILES string of the molecule is O=C(O)c1nc2sccn2c(=O)c1O. The molecule has 2 aromatic rings. The fourth-order valence-electron chi connectivity index (χ4n) is 1.02. The van der Waals surface area contributed by atoms with Crippen molar-refractivity contribution in [3.05, 3.63) is 27.6 Å². The van der Waals surface area contributed by atoms with Crippen molar-refractivity contribution in [2.24, 2.45) is 0 Å². The van der Waals surface area contributed by atoms with Gasteiger partial charge in [0.25, 0.3) is 0 Å². The van der Waals surface area contributed by atoms with E-state index in [1.165, 1.54) is 6.20 Å². The highest BCUT2D eigenvalue weighted by Gasteiger charge is 2.17. The second kappa shape index (κ2) is 2.81. The van der Waals surface area contributed by atoms with Crippen LogP contribution in [0.5, 0.6) is 5.75 Å². The Morgan fingerprint density at radius 3 is 2.93 bits per heavy atom. The van der Waals surface area contributed by atoms with Crippen LogP contribution in [-0.4, -0.2) is 25.6 Å². The lowest BCUT2D eigenvalue weighted by Gasteiger charge is -1.97. The fraction of sp³-hybridized carbons (Fsp3) is 0. The van der Waals surface area contributed by atoms with Gasteiger partial charge in [0.15, 0.2) is 10.7 Å². The minimum atomic E-state index is -1.42. The van der Waals surface area contributed by atoms with Crippen LogP contribution in [0.4, 0.5) is 0 Å². The van der Waals surface area contributed by atoms with Gasteiger partial charge in [-0.3, -0.25) is 9.20 Å². The number of carbonyl (C=O) groups is 1. The molecule has 0 aliphatic rings. The molecule has 0 saturated carbocycles. The number of aromatic carboxylic acids is 1. The summed E-state index contributed by atoms with van der Waals surface area (Å²) in [4.78, 5) is 25.8. The van der Waals surface area contributed by atoms with E-state index in [2.05, 4.69) is 4.98 Å². The van der Waals surface area contributed by atoms with Crippen LogP contribution in [0.3, 0.4) is 0 Å². The van der Waals surface area contributed by atoms with Crippen LogP contribution in [0, 0.1) is 0 Å². The van der Waals surface area contributed by atoms with Gasteiger partial charge in [-0.05, 0) is 0 Å². The van der Waals surface area contributed by atoms with E-state index >= 15 is 0 Å². The predicted molar refractivity (Wildman–Crippen MR) is 48.0 cm³/mol. The second-order valence-electron chi connectivity index (χ2n) is 2.47. The summed E-state index contributed by atoms with van der Waals surface area (Å²) in [5, 5.41) is 19.4. The summed E-state index contributed by atoms with van der Waals surface area (Å²) in [5.74, 6) is -2.26. The zero-order valence-electron chi connectivity index (χ0n) is 6.67. The highest BCUT2D eigenvalue weighted by atomic mass is 32.1.